The summed E-state index contributed by atoms with van der Waals surface area (Å²) in [6.07, 6.45) is 4.81. The molecule has 1 heterocycles. The van der Waals surface area contributed by atoms with Crippen molar-refractivity contribution < 1.29 is 14.6 Å². The molecule has 142 valence electrons. The Balaban J connectivity index is 2.51. The van der Waals surface area contributed by atoms with Crippen LogP contribution in [0.3, 0.4) is 0 Å². The lowest BCUT2D eigenvalue weighted by Gasteiger charge is -2.40. The van der Waals surface area contributed by atoms with E-state index >= 15 is 0 Å². The Bertz CT molecular complexity index is 673. The second-order valence-electron chi connectivity index (χ2n) is 6.86. The molecule has 1 aromatic carbocycles. The lowest BCUT2D eigenvalue weighted by Crippen LogP contribution is -2.48. The molecule has 0 aliphatic carbocycles. The summed E-state index contributed by atoms with van der Waals surface area (Å²) in [6.45, 7) is 10.6. The molecule has 0 saturated heterocycles. The van der Waals surface area contributed by atoms with E-state index in [9.17, 15) is 4.79 Å². The molecule has 1 N–H and O–H groups in total. The topological polar surface area (TPSA) is 49.8 Å². The number of hydrogen-bond acceptors (Lipinski definition) is 3. The maximum atomic E-state index is 11.1. The number of carboxylic acids is 1. The van der Waals surface area contributed by atoms with Crippen LogP contribution in [0.1, 0.15) is 57.9 Å². The monoisotopic (exact) mass is 375 g/mol. The van der Waals surface area contributed by atoms with Gasteiger partial charge in [0, 0.05) is 12.5 Å². The first-order valence-electron chi connectivity index (χ1n) is 9.39. The summed E-state index contributed by atoms with van der Waals surface area (Å²) in [5.41, 5.74) is 2.08. The second-order valence-corrected chi connectivity index (χ2v) is 7.27. The van der Waals surface area contributed by atoms with Gasteiger partial charge in [0.1, 0.15) is 10.7 Å². The Morgan fingerprint density at radius 3 is 2.77 bits per heavy atom. The van der Waals surface area contributed by atoms with Gasteiger partial charge in [0.25, 0.3) is 0 Å². The third kappa shape index (κ3) is 4.26. The van der Waals surface area contributed by atoms with Crippen LogP contribution in [0.25, 0.3) is 0 Å². The van der Waals surface area contributed by atoms with Crippen molar-refractivity contribution in [3.05, 3.63) is 36.4 Å². The molecule has 0 spiro atoms. The van der Waals surface area contributed by atoms with Gasteiger partial charge in [-0.2, -0.15) is 0 Å². The third-order valence-corrected chi connectivity index (χ3v) is 5.49. The van der Waals surface area contributed by atoms with Crippen molar-refractivity contribution in [2.45, 2.75) is 58.5 Å². The molecule has 5 heteroatoms. The Hall–Kier alpha value is -1.88. The number of rotatable bonds is 9. The lowest BCUT2D eigenvalue weighted by atomic mass is 9.89. The predicted molar refractivity (Wildman–Crippen MR) is 110 cm³/mol. The molecular weight excluding hydrogens is 346 g/mol. The highest BCUT2D eigenvalue weighted by atomic mass is 32.1. The highest BCUT2D eigenvalue weighted by Gasteiger charge is 2.35. The predicted octanol–water partition coefficient (Wildman–Crippen LogP) is 5.17. The first-order chi connectivity index (χ1) is 12.4. The summed E-state index contributed by atoms with van der Waals surface area (Å²) >= 11 is 5.67. The SMILES string of the molecule is C=CC(C)C1Oc2c(C(CC)CCC)cccc2N(CCC(=O)O)C1=S. The van der Waals surface area contributed by atoms with Crippen molar-refractivity contribution in [3.8, 4) is 5.75 Å². The smallest absolute Gasteiger partial charge is 0.305 e. The maximum Gasteiger partial charge on any atom is 0.305 e. The molecule has 0 amide bonds. The van der Waals surface area contributed by atoms with Gasteiger partial charge in [0.15, 0.2) is 6.10 Å². The van der Waals surface area contributed by atoms with E-state index in [-0.39, 0.29) is 18.4 Å². The van der Waals surface area contributed by atoms with Crippen molar-refractivity contribution in [2.75, 3.05) is 11.4 Å². The number of hydrogen-bond donors (Lipinski definition) is 1. The van der Waals surface area contributed by atoms with Gasteiger partial charge in [-0.15, -0.1) is 6.58 Å². The fraction of sp³-hybridized carbons (Fsp3) is 0.524. The number of nitrogens with zero attached hydrogens (tertiary/aromatic N) is 1. The number of carboxylic acid groups (broad SMARTS) is 1. The minimum Gasteiger partial charge on any atom is -0.481 e. The summed E-state index contributed by atoms with van der Waals surface area (Å²) < 4.78 is 6.39. The summed E-state index contributed by atoms with van der Waals surface area (Å²) in [7, 11) is 0. The number of benzene rings is 1. The van der Waals surface area contributed by atoms with Crippen LogP contribution < -0.4 is 9.64 Å². The van der Waals surface area contributed by atoms with Gasteiger partial charge >= 0.3 is 5.97 Å². The van der Waals surface area contributed by atoms with Gasteiger partial charge in [-0.3, -0.25) is 4.79 Å². The van der Waals surface area contributed by atoms with Crippen molar-refractivity contribution in [2.24, 2.45) is 5.92 Å². The van der Waals surface area contributed by atoms with E-state index in [0.29, 0.717) is 17.5 Å². The Labute approximate surface area is 161 Å². The molecule has 1 aliphatic rings. The van der Waals surface area contributed by atoms with Gasteiger partial charge in [-0.25, -0.2) is 0 Å². The number of thiocarbonyl (C=S) groups is 1. The highest BCUT2D eigenvalue weighted by molar-refractivity contribution is 7.80. The number of aliphatic carboxylic acids is 1. The molecule has 2 rings (SSSR count). The Kier molecular flexibility index (Phi) is 7.21. The highest BCUT2D eigenvalue weighted by Crippen LogP contribution is 2.43. The van der Waals surface area contributed by atoms with E-state index in [4.69, 9.17) is 22.1 Å². The number of ether oxygens (including phenoxy) is 1. The van der Waals surface area contributed by atoms with E-state index < -0.39 is 5.97 Å². The minimum atomic E-state index is -0.831. The lowest BCUT2D eigenvalue weighted by molar-refractivity contribution is -0.136. The normalized spacial score (nSPS) is 18.7. The molecule has 3 unspecified atom stereocenters. The molecule has 0 bridgehead atoms. The van der Waals surface area contributed by atoms with E-state index in [2.05, 4.69) is 26.5 Å². The zero-order valence-electron chi connectivity index (χ0n) is 15.9. The first-order valence-corrected chi connectivity index (χ1v) is 9.80. The van der Waals surface area contributed by atoms with Crippen LogP contribution in [-0.4, -0.2) is 28.7 Å². The van der Waals surface area contributed by atoms with Crippen LogP contribution >= 0.6 is 12.2 Å². The zero-order chi connectivity index (χ0) is 19.3. The van der Waals surface area contributed by atoms with Gasteiger partial charge < -0.3 is 14.7 Å². The molecule has 0 radical (unpaired) electrons. The molecule has 1 aromatic rings. The van der Waals surface area contributed by atoms with E-state index in [0.717, 1.165) is 30.7 Å². The first kappa shape index (κ1) is 20.4. The fourth-order valence-corrected chi connectivity index (χ4v) is 3.93. The van der Waals surface area contributed by atoms with Gasteiger partial charge in [0.2, 0.25) is 0 Å². The molecule has 1 aliphatic heterocycles. The zero-order valence-corrected chi connectivity index (χ0v) is 16.7. The van der Waals surface area contributed by atoms with Gasteiger partial charge in [-0.05, 0) is 30.4 Å². The number of fused-ring (bicyclic) bond motifs is 1. The van der Waals surface area contributed by atoms with E-state index in [1.165, 1.54) is 5.56 Å². The van der Waals surface area contributed by atoms with E-state index in [1.807, 2.05) is 30.0 Å². The van der Waals surface area contributed by atoms with Crippen LogP contribution in [0.15, 0.2) is 30.9 Å². The number of anilines is 1. The average Bonchev–Trinajstić information content (AvgIpc) is 2.63. The molecule has 3 atom stereocenters. The summed E-state index contributed by atoms with van der Waals surface area (Å²) in [5, 5.41) is 9.13. The van der Waals surface area contributed by atoms with Crippen molar-refractivity contribution >= 4 is 28.9 Å². The van der Waals surface area contributed by atoms with Crippen LogP contribution in [0, 0.1) is 5.92 Å². The number of carbonyl (C=O) groups is 1. The second kappa shape index (κ2) is 9.17. The van der Waals surface area contributed by atoms with Crippen LogP contribution in [0.5, 0.6) is 5.75 Å². The van der Waals surface area contributed by atoms with Crippen LogP contribution in [0.2, 0.25) is 0 Å². The van der Waals surface area contributed by atoms with Gasteiger partial charge in [0.05, 0.1) is 12.1 Å². The summed E-state index contributed by atoms with van der Waals surface area (Å²) in [6, 6.07) is 6.12. The van der Waals surface area contributed by atoms with E-state index in [1.54, 1.807) is 0 Å². The number of para-hydroxylation sites is 1. The van der Waals surface area contributed by atoms with Crippen LogP contribution in [-0.2, 0) is 4.79 Å². The Morgan fingerprint density at radius 1 is 1.46 bits per heavy atom. The molecule has 0 fully saturated rings. The van der Waals surface area contributed by atoms with Crippen molar-refractivity contribution in [3.63, 3.8) is 0 Å². The molecule has 26 heavy (non-hydrogen) atoms. The largest absolute Gasteiger partial charge is 0.481 e. The quantitative estimate of drug-likeness (QED) is 0.476. The maximum absolute atomic E-state index is 11.1. The van der Waals surface area contributed by atoms with Crippen molar-refractivity contribution in [1.82, 2.24) is 0 Å². The Morgan fingerprint density at radius 2 is 2.19 bits per heavy atom. The standard InChI is InChI=1S/C21H29NO3S/c1-5-9-15(7-3)16-10-8-11-17-20(16)25-19(14(4)6-2)21(26)22(17)13-12-18(23)24/h6,8,10-11,14-15,19H,2,5,7,9,12-13H2,1,3-4H3,(H,23,24). The molecule has 4 nitrogen and oxygen atoms in total. The summed E-state index contributed by atoms with van der Waals surface area (Å²) in [5.74, 6) is 0.484. The fourth-order valence-electron chi connectivity index (χ4n) is 3.48. The van der Waals surface area contributed by atoms with Crippen molar-refractivity contribution in [1.29, 1.82) is 0 Å². The minimum absolute atomic E-state index is 0.0329. The van der Waals surface area contributed by atoms with Crippen LogP contribution in [0.4, 0.5) is 5.69 Å². The average molecular weight is 376 g/mol. The summed E-state index contributed by atoms with van der Waals surface area (Å²) in [4.78, 5) is 13.7. The molecule has 0 saturated carbocycles. The molecule has 0 aromatic heterocycles. The van der Waals surface area contributed by atoms with Gasteiger partial charge in [-0.1, -0.05) is 57.6 Å². The molecular formula is C21H29NO3S. The third-order valence-electron chi connectivity index (χ3n) is 5.04.